The van der Waals surface area contributed by atoms with E-state index in [1.165, 1.54) is 24.5 Å². The van der Waals surface area contributed by atoms with Crippen LogP contribution in [-0.4, -0.2) is 40.9 Å². The van der Waals surface area contributed by atoms with Gasteiger partial charge in [0.15, 0.2) is 0 Å². The van der Waals surface area contributed by atoms with Crippen LogP contribution in [0.2, 0.25) is 0 Å². The predicted octanol–water partition coefficient (Wildman–Crippen LogP) is 1.11. The first-order valence-corrected chi connectivity index (χ1v) is 7.96. The predicted molar refractivity (Wildman–Crippen MR) is 89.7 cm³/mol. The highest BCUT2D eigenvalue weighted by molar-refractivity contribution is 5.93. The molecular weight excluding hydrogens is 325 g/mol. The number of carbonyl (C=O) groups is 2. The van der Waals surface area contributed by atoms with Crippen molar-refractivity contribution in [2.75, 3.05) is 18.0 Å². The van der Waals surface area contributed by atoms with Crippen molar-refractivity contribution in [3.05, 3.63) is 53.9 Å². The van der Waals surface area contributed by atoms with Gasteiger partial charge in [-0.2, -0.15) is 0 Å². The zero-order chi connectivity index (χ0) is 17.8. The van der Waals surface area contributed by atoms with Gasteiger partial charge in [-0.3, -0.25) is 9.59 Å². The molecule has 130 valence electrons. The van der Waals surface area contributed by atoms with Crippen LogP contribution in [0.15, 0.2) is 36.7 Å². The van der Waals surface area contributed by atoms with Crippen LogP contribution in [0.1, 0.15) is 33.8 Å². The van der Waals surface area contributed by atoms with Gasteiger partial charge in [-0.1, -0.05) is 0 Å². The molecule has 1 aromatic carbocycles. The van der Waals surface area contributed by atoms with E-state index in [0.717, 1.165) is 31.6 Å². The van der Waals surface area contributed by atoms with E-state index in [4.69, 9.17) is 5.73 Å². The highest BCUT2D eigenvalue weighted by atomic mass is 19.1. The van der Waals surface area contributed by atoms with Crippen molar-refractivity contribution >= 4 is 17.5 Å². The number of primary amides is 1. The molecule has 3 rings (SSSR count). The zero-order valence-electron chi connectivity index (χ0n) is 13.5. The SMILES string of the molecule is NC(=O)c1cnc(C(=O)NC2CCN(c3ccc(F)cc3)CC2)cn1. The molecule has 7 nitrogen and oxygen atoms in total. The number of anilines is 1. The molecule has 3 N–H and O–H groups in total. The molecule has 0 unspecified atom stereocenters. The van der Waals surface area contributed by atoms with Crippen molar-refractivity contribution in [1.29, 1.82) is 0 Å². The van der Waals surface area contributed by atoms with Crippen molar-refractivity contribution in [1.82, 2.24) is 15.3 Å². The number of rotatable bonds is 4. The Morgan fingerprint density at radius 2 is 1.68 bits per heavy atom. The number of nitrogens with zero attached hydrogens (tertiary/aromatic N) is 3. The van der Waals surface area contributed by atoms with Gasteiger partial charge in [0.2, 0.25) is 0 Å². The van der Waals surface area contributed by atoms with E-state index < -0.39 is 5.91 Å². The lowest BCUT2D eigenvalue weighted by atomic mass is 10.0. The lowest BCUT2D eigenvalue weighted by Crippen LogP contribution is -2.45. The number of nitrogens with one attached hydrogen (secondary N) is 1. The van der Waals surface area contributed by atoms with Gasteiger partial charge >= 0.3 is 0 Å². The minimum Gasteiger partial charge on any atom is -0.371 e. The lowest BCUT2D eigenvalue weighted by Gasteiger charge is -2.33. The summed E-state index contributed by atoms with van der Waals surface area (Å²) in [6.07, 6.45) is 3.98. The molecule has 0 saturated carbocycles. The minimum absolute atomic E-state index is 0.0177. The number of piperidine rings is 1. The largest absolute Gasteiger partial charge is 0.371 e. The third-order valence-electron chi connectivity index (χ3n) is 4.16. The standard InChI is InChI=1S/C17H18FN5O2/c18-11-1-3-13(4-2-11)23-7-5-12(6-8-23)22-17(25)15-10-20-14(9-21-15)16(19)24/h1-4,9-10,12H,5-8H2,(H2,19,24)(H,22,25). The molecule has 2 heterocycles. The Bertz CT molecular complexity index is 756. The highest BCUT2D eigenvalue weighted by Gasteiger charge is 2.22. The van der Waals surface area contributed by atoms with Gasteiger partial charge in [-0.05, 0) is 37.1 Å². The summed E-state index contributed by atoms with van der Waals surface area (Å²) >= 11 is 0. The van der Waals surface area contributed by atoms with Gasteiger partial charge in [0, 0.05) is 24.8 Å². The van der Waals surface area contributed by atoms with E-state index in [9.17, 15) is 14.0 Å². The summed E-state index contributed by atoms with van der Waals surface area (Å²) in [6, 6.07) is 6.42. The third kappa shape index (κ3) is 4.09. The Kier molecular flexibility index (Phi) is 4.87. The van der Waals surface area contributed by atoms with Gasteiger partial charge < -0.3 is 16.0 Å². The highest BCUT2D eigenvalue weighted by Crippen LogP contribution is 2.20. The van der Waals surface area contributed by atoms with Crippen molar-refractivity contribution in [3.8, 4) is 0 Å². The van der Waals surface area contributed by atoms with Crippen molar-refractivity contribution in [2.45, 2.75) is 18.9 Å². The fraction of sp³-hybridized carbons (Fsp3) is 0.294. The molecule has 0 radical (unpaired) electrons. The molecule has 2 amide bonds. The second-order valence-electron chi connectivity index (χ2n) is 5.86. The number of hydrogen-bond donors (Lipinski definition) is 2. The fourth-order valence-electron chi connectivity index (χ4n) is 2.77. The Hall–Kier alpha value is -3.03. The summed E-state index contributed by atoms with van der Waals surface area (Å²) in [6.45, 7) is 1.53. The molecular formula is C17H18FN5O2. The van der Waals surface area contributed by atoms with Crippen LogP contribution >= 0.6 is 0 Å². The fourth-order valence-corrected chi connectivity index (χ4v) is 2.77. The number of nitrogens with two attached hydrogens (primary N) is 1. The zero-order valence-corrected chi connectivity index (χ0v) is 13.5. The molecule has 8 heteroatoms. The summed E-state index contributed by atoms with van der Waals surface area (Å²) in [5.41, 5.74) is 6.22. The van der Waals surface area contributed by atoms with Crippen LogP contribution in [0.25, 0.3) is 0 Å². The van der Waals surface area contributed by atoms with E-state index in [0.29, 0.717) is 0 Å². The summed E-state index contributed by atoms with van der Waals surface area (Å²) < 4.78 is 13.0. The van der Waals surface area contributed by atoms with Gasteiger partial charge in [-0.25, -0.2) is 14.4 Å². The molecule has 1 saturated heterocycles. The molecule has 0 aliphatic carbocycles. The topological polar surface area (TPSA) is 101 Å². The number of benzene rings is 1. The van der Waals surface area contributed by atoms with Crippen LogP contribution < -0.4 is 16.0 Å². The van der Waals surface area contributed by atoms with Gasteiger partial charge in [0.25, 0.3) is 11.8 Å². The van der Waals surface area contributed by atoms with E-state index in [1.54, 1.807) is 12.1 Å². The first kappa shape index (κ1) is 16.8. The average molecular weight is 343 g/mol. The Labute approximate surface area is 144 Å². The molecule has 0 bridgehead atoms. The number of carbonyl (C=O) groups excluding carboxylic acids is 2. The number of halogens is 1. The first-order valence-electron chi connectivity index (χ1n) is 7.96. The lowest BCUT2D eigenvalue weighted by molar-refractivity contribution is 0.0922. The molecule has 25 heavy (non-hydrogen) atoms. The van der Waals surface area contributed by atoms with E-state index in [1.807, 2.05) is 0 Å². The number of aromatic nitrogens is 2. The smallest absolute Gasteiger partial charge is 0.271 e. The summed E-state index contributed by atoms with van der Waals surface area (Å²) in [5.74, 6) is -1.27. The molecule has 1 aliphatic rings. The molecule has 2 aromatic rings. The number of amides is 2. The van der Waals surface area contributed by atoms with Crippen LogP contribution in [0.3, 0.4) is 0 Å². The average Bonchev–Trinajstić information content (AvgIpc) is 2.63. The maximum atomic E-state index is 13.0. The normalized spacial score (nSPS) is 15.0. The molecule has 0 spiro atoms. The minimum atomic E-state index is -0.687. The molecule has 1 aromatic heterocycles. The Morgan fingerprint density at radius 3 is 2.24 bits per heavy atom. The third-order valence-corrected chi connectivity index (χ3v) is 4.16. The second kappa shape index (κ2) is 7.25. The summed E-state index contributed by atoms with van der Waals surface area (Å²) in [4.78, 5) is 33.0. The van der Waals surface area contributed by atoms with E-state index >= 15 is 0 Å². The Morgan fingerprint density at radius 1 is 1.08 bits per heavy atom. The monoisotopic (exact) mass is 343 g/mol. The quantitative estimate of drug-likeness (QED) is 0.866. The first-order chi connectivity index (χ1) is 12.0. The molecule has 0 atom stereocenters. The number of hydrogen-bond acceptors (Lipinski definition) is 5. The van der Waals surface area contributed by atoms with E-state index in [2.05, 4.69) is 20.2 Å². The Balaban J connectivity index is 1.53. The van der Waals surface area contributed by atoms with Gasteiger partial charge in [-0.15, -0.1) is 0 Å². The van der Waals surface area contributed by atoms with Gasteiger partial charge in [0.1, 0.15) is 17.2 Å². The second-order valence-corrected chi connectivity index (χ2v) is 5.86. The summed E-state index contributed by atoms with van der Waals surface area (Å²) in [5, 5.41) is 2.92. The van der Waals surface area contributed by atoms with E-state index in [-0.39, 0.29) is 29.2 Å². The van der Waals surface area contributed by atoms with Crippen LogP contribution in [-0.2, 0) is 0 Å². The van der Waals surface area contributed by atoms with Crippen LogP contribution in [0.4, 0.5) is 10.1 Å². The van der Waals surface area contributed by atoms with Crippen molar-refractivity contribution in [2.24, 2.45) is 5.73 Å². The van der Waals surface area contributed by atoms with Crippen LogP contribution in [0, 0.1) is 5.82 Å². The van der Waals surface area contributed by atoms with Crippen LogP contribution in [0.5, 0.6) is 0 Å². The molecule has 1 fully saturated rings. The van der Waals surface area contributed by atoms with Crippen molar-refractivity contribution < 1.29 is 14.0 Å². The summed E-state index contributed by atoms with van der Waals surface area (Å²) in [7, 11) is 0. The maximum Gasteiger partial charge on any atom is 0.271 e. The molecule has 1 aliphatic heterocycles. The van der Waals surface area contributed by atoms with Crippen molar-refractivity contribution in [3.63, 3.8) is 0 Å². The maximum absolute atomic E-state index is 13.0. The van der Waals surface area contributed by atoms with Gasteiger partial charge in [0.05, 0.1) is 12.4 Å².